The molecule has 43 heavy (non-hydrogen) atoms. The molecular formula is C31H36N2O9S. The third-order valence-electron chi connectivity index (χ3n) is 6.99. The molecule has 12 heteroatoms. The SMILES string of the molecule is COc1cc(OC)c(CNC(=O)[C@@]2(CCS(=O)(=O)c3ccccc3)COC(c3ccc(OCCCO)cc3)=N2)c(OC)c1. The lowest BCUT2D eigenvalue weighted by molar-refractivity contribution is -0.127. The number of amides is 1. The van der Waals surface area contributed by atoms with E-state index in [2.05, 4.69) is 10.3 Å². The van der Waals surface area contributed by atoms with Gasteiger partial charge in [-0.25, -0.2) is 13.4 Å². The number of aliphatic hydroxyl groups is 1. The maximum Gasteiger partial charge on any atom is 0.251 e. The lowest BCUT2D eigenvalue weighted by atomic mass is 9.97. The summed E-state index contributed by atoms with van der Waals surface area (Å²) in [6, 6.07) is 18.4. The maximum atomic E-state index is 13.9. The molecule has 1 amide bonds. The van der Waals surface area contributed by atoms with Crippen LogP contribution in [0.4, 0.5) is 0 Å². The van der Waals surface area contributed by atoms with Gasteiger partial charge in [0.25, 0.3) is 5.91 Å². The number of nitrogens with zero attached hydrogens (tertiary/aromatic N) is 1. The molecule has 1 heterocycles. The third-order valence-corrected chi connectivity index (χ3v) is 8.72. The van der Waals surface area contributed by atoms with Crippen LogP contribution in [0.2, 0.25) is 0 Å². The minimum Gasteiger partial charge on any atom is -0.496 e. The van der Waals surface area contributed by atoms with Gasteiger partial charge in [-0.3, -0.25) is 4.79 Å². The number of methoxy groups -OCH3 is 3. The van der Waals surface area contributed by atoms with Crippen LogP contribution in [0.1, 0.15) is 24.0 Å². The van der Waals surface area contributed by atoms with E-state index in [9.17, 15) is 13.2 Å². The predicted octanol–water partition coefficient (Wildman–Crippen LogP) is 3.17. The Morgan fingerprint density at radius 1 is 0.977 bits per heavy atom. The molecule has 3 aromatic rings. The van der Waals surface area contributed by atoms with Crippen molar-refractivity contribution < 1.29 is 42.0 Å². The van der Waals surface area contributed by atoms with Crippen LogP contribution in [0, 0.1) is 0 Å². The Balaban J connectivity index is 1.61. The summed E-state index contributed by atoms with van der Waals surface area (Å²) in [7, 11) is 0.816. The van der Waals surface area contributed by atoms with E-state index in [0.29, 0.717) is 47.2 Å². The molecule has 0 saturated carbocycles. The summed E-state index contributed by atoms with van der Waals surface area (Å²) < 4.78 is 54.1. The molecular weight excluding hydrogens is 576 g/mol. The Hall–Kier alpha value is -4.29. The van der Waals surface area contributed by atoms with Gasteiger partial charge in [0, 0.05) is 30.7 Å². The number of nitrogens with one attached hydrogen (secondary N) is 1. The van der Waals surface area contributed by atoms with Crippen molar-refractivity contribution in [2.75, 3.05) is 46.9 Å². The van der Waals surface area contributed by atoms with E-state index in [4.69, 9.17) is 28.8 Å². The monoisotopic (exact) mass is 612 g/mol. The highest BCUT2D eigenvalue weighted by Crippen LogP contribution is 2.35. The van der Waals surface area contributed by atoms with Crippen molar-refractivity contribution in [1.29, 1.82) is 0 Å². The molecule has 0 spiro atoms. The normalized spacial score (nSPS) is 16.1. The molecule has 0 unspecified atom stereocenters. The molecule has 0 aliphatic carbocycles. The number of sulfone groups is 1. The predicted molar refractivity (Wildman–Crippen MR) is 160 cm³/mol. The van der Waals surface area contributed by atoms with Gasteiger partial charge in [-0.1, -0.05) is 18.2 Å². The Bertz CT molecular complexity index is 1500. The molecule has 3 aromatic carbocycles. The Morgan fingerprint density at radius 2 is 1.65 bits per heavy atom. The first-order valence-electron chi connectivity index (χ1n) is 13.7. The summed E-state index contributed by atoms with van der Waals surface area (Å²) in [5.74, 6) is 1.42. The van der Waals surface area contributed by atoms with Crippen LogP contribution in [0.3, 0.4) is 0 Å². The first kappa shape index (κ1) is 31.6. The molecule has 4 rings (SSSR count). The number of aliphatic hydroxyl groups excluding tert-OH is 1. The average Bonchev–Trinajstić information content (AvgIpc) is 3.49. The lowest BCUT2D eigenvalue weighted by Gasteiger charge is -2.24. The lowest BCUT2D eigenvalue weighted by Crippen LogP contribution is -2.47. The minimum absolute atomic E-state index is 0.0209. The molecule has 1 aliphatic rings. The quantitative estimate of drug-likeness (QED) is 0.248. The smallest absolute Gasteiger partial charge is 0.251 e. The molecule has 0 radical (unpaired) electrons. The summed E-state index contributed by atoms with van der Waals surface area (Å²) in [5, 5.41) is 11.9. The van der Waals surface area contributed by atoms with E-state index < -0.39 is 21.3 Å². The second-order valence-corrected chi connectivity index (χ2v) is 11.9. The van der Waals surface area contributed by atoms with Crippen LogP contribution in [0.25, 0.3) is 0 Å². The van der Waals surface area contributed by atoms with Crippen LogP contribution in [0.5, 0.6) is 23.0 Å². The molecule has 0 saturated heterocycles. The zero-order valence-electron chi connectivity index (χ0n) is 24.4. The number of aliphatic imine (C=N–C) groups is 1. The van der Waals surface area contributed by atoms with Gasteiger partial charge in [-0.2, -0.15) is 0 Å². The van der Waals surface area contributed by atoms with E-state index >= 15 is 0 Å². The van der Waals surface area contributed by atoms with E-state index in [1.54, 1.807) is 54.6 Å². The summed E-state index contributed by atoms with van der Waals surface area (Å²) >= 11 is 0. The van der Waals surface area contributed by atoms with E-state index in [0.717, 1.165) is 0 Å². The van der Waals surface area contributed by atoms with Gasteiger partial charge in [0.2, 0.25) is 5.90 Å². The molecule has 0 fully saturated rings. The van der Waals surface area contributed by atoms with Crippen LogP contribution >= 0.6 is 0 Å². The minimum atomic E-state index is -3.71. The highest BCUT2D eigenvalue weighted by atomic mass is 32.2. The first-order chi connectivity index (χ1) is 20.7. The third kappa shape index (κ3) is 7.57. The van der Waals surface area contributed by atoms with Crippen LogP contribution in [-0.4, -0.2) is 77.8 Å². The number of hydrogen-bond donors (Lipinski definition) is 2. The first-order valence-corrected chi connectivity index (χ1v) is 15.3. The van der Waals surface area contributed by atoms with Gasteiger partial charge in [0.15, 0.2) is 15.4 Å². The van der Waals surface area contributed by atoms with Crippen molar-refractivity contribution in [3.05, 3.63) is 77.9 Å². The highest BCUT2D eigenvalue weighted by Gasteiger charge is 2.45. The number of carbonyl (C=O) groups is 1. The van der Waals surface area contributed by atoms with Gasteiger partial charge < -0.3 is 34.1 Å². The van der Waals surface area contributed by atoms with Crippen molar-refractivity contribution in [2.24, 2.45) is 4.99 Å². The van der Waals surface area contributed by atoms with E-state index in [1.807, 2.05) is 0 Å². The number of hydrogen-bond acceptors (Lipinski definition) is 10. The largest absolute Gasteiger partial charge is 0.496 e. The zero-order chi connectivity index (χ0) is 30.9. The van der Waals surface area contributed by atoms with Gasteiger partial charge in [-0.15, -0.1) is 0 Å². The van der Waals surface area contributed by atoms with Crippen LogP contribution in [0.15, 0.2) is 76.6 Å². The molecule has 0 aromatic heterocycles. The number of ether oxygens (including phenoxy) is 5. The summed E-state index contributed by atoms with van der Waals surface area (Å²) in [5.41, 5.74) is -0.333. The van der Waals surface area contributed by atoms with Crippen molar-refractivity contribution >= 4 is 21.6 Å². The van der Waals surface area contributed by atoms with Crippen molar-refractivity contribution in [1.82, 2.24) is 5.32 Å². The Morgan fingerprint density at radius 3 is 2.26 bits per heavy atom. The van der Waals surface area contributed by atoms with Gasteiger partial charge in [0.05, 0.1) is 50.7 Å². The molecule has 0 bridgehead atoms. The van der Waals surface area contributed by atoms with Crippen LogP contribution < -0.4 is 24.3 Å². The van der Waals surface area contributed by atoms with Crippen LogP contribution in [-0.2, 0) is 25.9 Å². The fourth-order valence-corrected chi connectivity index (χ4v) is 5.95. The standard InChI is InChI=1S/C31H36N2O9S/c1-38-24-18-27(39-2)26(28(19-24)40-3)20-32-30(35)31(14-17-43(36,37)25-8-5-4-6-9-25)21-42-29(33-31)22-10-12-23(13-11-22)41-16-7-15-34/h4-6,8-13,18-19,34H,7,14-17,20-21H2,1-3H3,(H,32,35)/t31-/m1/s1. The fourth-order valence-electron chi connectivity index (χ4n) is 4.53. The Kier molecular flexibility index (Phi) is 10.5. The van der Waals surface area contributed by atoms with Crippen molar-refractivity contribution in [3.63, 3.8) is 0 Å². The molecule has 1 atom stereocenters. The number of benzene rings is 3. The Labute approximate surface area is 251 Å². The summed E-state index contributed by atoms with van der Waals surface area (Å²) in [4.78, 5) is 18.7. The number of rotatable bonds is 15. The molecule has 230 valence electrons. The highest BCUT2D eigenvalue weighted by molar-refractivity contribution is 7.91. The maximum absolute atomic E-state index is 13.9. The van der Waals surface area contributed by atoms with Gasteiger partial charge in [0.1, 0.15) is 29.6 Å². The van der Waals surface area contributed by atoms with Crippen molar-refractivity contribution in [3.8, 4) is 23.0 Å². The zero-order valence-corrected chi connectivity index (χ0v) is 25.2. The second-order valence-electron chi connectivity index (χ2n) is 9.76. The van der Waals surface area contributed by atoms with Crippen molar-refractivity contribution in [2.45, 2.75) is 29.8 Å². The second kappa shape index (κ2) is 14.3. The molecule has 11 nitrogen and oxygen atoms in total. The number of carbonyl (C=O) groups excluding carboxylic acids is 1. The molecule has 2 N–H and O–H groups in total. The van der Waals surface area contributed by atoms with Gasteiger partial charge >= 0.3 is 0 Å². The van der Waals surface area contributed by atoms with Gasteiger partial charge in [-0.05, 0) is 42.8 Å². The summed E-state index contributed by atoms with van der Waals surface area (Å²) in [6.45, 7) is 0.276. The average molecular weight is 613 g/mol. The summed E-state index contributed by atoms with van der Waals surface area (Å²) in [6.07, 6.45) is 0.397. The van der Waals surface area contributed by atoms with E-state index in [-0.39, 0.29) is 42.7 Å². The molecule has 1 aliphatic heterocycles. The topological polar surface area (TPSA) is 142 Å². The fraction of sp³-hybridized carbons (Fsp3) is 0.355. The van der Waals surface area contributed by atoms with E-state index in [1.165, 1.54) is 33.5 Å².